The molecule has 1 aliphatic heterocycles. The van der Waals surface area contributed by atoms with Gasteiger partial charge >= 0.3 is 0 Å². The maximum Gasteiger partial charge on any atom is 0.295 e. The minimum absolute atomic E-state index is 0.0485. The van der Waals surface area contributed by atoms with Crippen molar-refractivity contribution >= 4 is 17.4 Å². The van der Waals surface area contributed by atoms with Crippen LogP contribution in [0.4, 0.5) is 4.39 Å². The van der Waals surface area contributed by atoms with Gasteiger partial charge in [-0.3, -0.25) is 9.59 Å². The van der Waals surface area contributed by atoms with E-state index in [1.54, 1.807) is 12.1 Å². The van der Waals surface area contributed by atoms with E-state index in [-0.39, 0.29) is 43.3 Å². The van der Waals surface area contributed by atoms with E-state index in [1.807, 2.05) is 19.1 Å². The summed E-state index contributed by atoms with van der Waals surface area (Å²) in [6.07, 6.45) is 0. The molecule has 0 spiro atoms. The van der Waals surface area contributed by atoms with Crippen molar-refractivity contribution in [2.45, 2.75) is 13.0 Å². The van der Waals surface area contributed by atoms with Gasteiger partial charge in [0.1, 0.15) is 11.6 Å². The minimum atomic E-state index is -0.806. The Morgan fingerprint density at radius 1 is 1.07 bits per heavy atom. The fraction of sp³-hybridized carbons (Fsp3) is 0.273. The molecule has 2 aromatic rings. The van der Waals surface area contributed by atoms with Gasteiger partial charge in [0.05, 0.1) is 31.4 Å². The first-order valence-corrected chi connectivity index (χ1v) is 9.23. The van der Waals surface area contributed by atoms with Crippen molar-refractivity contribution in [3.8, 4) is 0 Å². The Kier molecular flexibility index (Phi) is 6.41. The molecule has 0 aliphatic carbocycles. The molecule has 1 heterocycles. The monoisotopic (exact) mass is 399 g/mol. The summed E-state index contributed by atoms with van der Waals surface area (Å²) in [5.74, 6) is -2.38. The summed E-state index contributed by atoms with van der Waals surface area (Å²) in [6.45, 7) is 2.14. The summed E-state index contributed by atoms with van der Waals surface area (Å²) in [7, 11) is 0. The van der Waals surface area contributed by atoms with Crippen LogP contribution in [0.1, 0.15) is 22.7 Å². The van der Waals surface area contributed by atoms with E-state index in [0.717, 1.165) is 5.56 Å². The molecule has 1 amide bonds. The number of likely N-dealkylation sites (tertiary alicyclic amines) is 1. The molecule has 1 unspecified atom stereocenters. The number of aryl methyl sites for hydroxylation is 1. The highest BCUT2D eigenvalue weighted by molar-refractivity contribution is 6.46. The van der Waals surface area contributed by atoms with Crippen molar-refractivity contribution in [2.75, 3.05) is 26.4 Å². The van der Waals surface area contributed by atoms with E-state index in [2.05, 4.69) is 0 Å². The van der Waals surface area contributed by atoms with Gasteiger partial charge < -0.3 is 19.8 Å². The number of aliphatic hydroxyl groups excluding tert-OH is 2. The van der Waals surface area contributed by atoms with E-state index in [4.69, 9.17) is 9.84 Å². The van der Waals surface area contributed by atoms with E-state index >= 15 is 0 Å². The molecule has 3 rings (SSSR count). The third-order valence-electron chi connectivity index (χ3n) is 4.76. The number of benzene rings is 2. The number of ketones is 1. The van der Waals surface area contributed by atoms with Gasteiger partial charge in [0.15, 0.2) is 0 Å². The van der Waals surface area contributed by atoms with E-state index < -0.39 is 23.5 Å². The van der Waals surface area contributed by atoms with Gasteiger partial charge in [-0.25, -0.2) is 4.39 Å². The number of halogens is 1. The molecule has 0 bridgehead atoms. The third-order valence-corrected chi connectivity index (χ3v) is 4.76. The van der Waals surface area contributed by atoms with Crippen molar-refractivity contribution in [1.29, 1.82) is 0 Å². The molecule has 1 aliphatic rings. The van der Waals surface area contributed by atoms with E-state index in [9.17, 15) is 19.1 Å². The number of aliphatic hydroxyl groups is 2. The second kappa shape index (κ2) is 8.98. The topological polar surface area (TPSA) is 87.1 Å². The molecule has 0 saturated carbocycles. The fourth-order valence-electron chi connectivity index (χ4n) is 3.30. The summed E-state index contributed by atoms with van der Waals surface area (Å²) < 4.78 is 18.5. The molecular weight excluding hydrogens is 377 g/mol. The van der Waals surface area contributed by atoms with Crippen LogP contribution in [-0.2, 0) is 14.3 Å². The van der Waals surface area contributed by atoms with Gasteiger partial charge in [-0.2, -0.15) is 0 Å². The van der Waals surface area contributed by atoms with E-state index in [0.29, 0.717) is 5.56 Å². The highest BCUT2D eigenvalue weighted by Gasteiger charge is 2.45. The average molecular weight is 399 g/mol. The summed E-state index contributed by atoms with van der Waals surface area (Å²) in [6, 6.07) is 11.6. The van der Waals surface area contributed by atoms with Crippen LogP contribution < -0.4 is 0 Å². The van der Waals surface area contributed by atoms with Gasteiger partial charge in [-0.05, 0) is 36.8 Å². The second-order valence-electron chi connectivity index (χ2n) is 6.75. The predicted octanol–water partition coefficient (Wildman–Crippen LogP) is 2.56. The molecule has 1 saturated heterocycles. The average Bonchev–Trinajstić information content (AvgIpc) is 2.96. The van der Waals surface area contributed by atoms with Crippen LogP contribution in [0.25, 0.3) is 5.76 Å². The Morgan fingerprint density at radius 3 is 2.34 bits per heavy atom. The third kappa shape index (κ3) is 4.36. The van der Waals surface area contributed by atoms with Gasteiger partial charge in [-0.15, -0.1) is 0 Å². The quantitative estimate of drug-likeness (QED) is 0.323. The molecule has 2 aromatic carbocycles. The number of rotatable bonds is 7. The second-order valence-corrected chi connectivity index (χ2v) is 6.75. The van der Waals surface area contributed by atoms with Crippen LogP contribution in [0, 0.1) is 12.7 Å². The lowest BCUT2D eigenvalue weighted by atomic mass is 9.95. The standard InChI is InChI=1S/C22H22FNO5/c1-14-2-4-15(5-3-14)19-18(20(26)16-6-8-17(23)9-7-16)21(27)22(28)24(19)10-12-29-13-11-25/h2-9,19,25-26H,10-13H2,1H3/b20-18+. The molecule has 0 aromatic heterocycles. The highest BCUT2D eigenvalue weighted by Crippen LogP contribution is 2.39. The number of hydrogen-bond acceptors (Lipinski definition) is 5. The van der Waals surface area contributed by atoms with Crippen LogP contribution in [0.2, 0.25) is 0 Å². The fourth-order valence-corrected chi connectivity index (χ4v) is 3.30. The van der Waals surface area contributed by atoms with Crippen LogP contribution in [0.5, 0.6) is 0 Å². The predicted molar refractivity (Wildman–Crippen MR) is 104 cm³/mol. The normalized spacial score (nSPS) is 18.4. The number of carbonyl (C=O) groups excluding carboxylic acids is 2. The zero-order valence-corrected chi connectivity index (χ0v) is 16.0. The van der Waals surface area contributed by atoms with Crippen LogP contribution in [0.3, 0.4) is 0 Å². The smallest absolute Gasteiger partial charge is 0.295 e. The lowest BCUT2D eigenvalue weighted by molar-refractivity contribution is -0.140. The molecule has 152 valence electrons. The number of hydrogen-bond donors (Lipinski definition) is 2. The summed E-state index contributed by atoms with van der Waals surface area (Å²) in [4.78, 5) is 26.8. The van der Waals surface area contributed by atoms with Crippen molar-refractivity contribution in [2.24, 2.45) is 0 Å². The minimum Gasteiger partial charge on any atom is -0.507 e. The number of ether oxygens (including phenoxy) is 1. The Labute approximate surface area is 167 Å². The van der Waals surface area contributed by atoms with Crippen molar-refractivity contribution in [3.63, 3.8) is 0 Å². The van der Waals surface area contributed by atoms with Crippen molar-refractivity contribution in [3.05, 3.63) is 76.6 Å². The molecule has 7 heteroatoms. The van der Waals surface area contributed by atoms with Crippen LogP contribution >= 0.6 is 0 Å². The zero-order chi connectivity index (χ0) is 21.0. The van der Waals surface area contributed by atoms with Crippen LogP contribution in [0.15, 0.2) is 54.1 Å². The first-order chi connectivity index (χ1) is 13.9. The number of Topliss-reactive ketones (excluding diaryl/α,β-unsaturated/α-hetero) is 1. The van der Waals surface area contributed by atoms with E-state index in [1.165, 1.54) is 29.2 Å². The lowest BCUT2D eigenvalue weighted by Crippen LogP contribution is -2.33. The molecule has 1 atom stereocenters. The number of carbonyl (C=O) groups is 2. The van der Waals surface area contributed by atoms with Crippen molar-refractivity contribution in [1.82, 2.24) is 4.90 Å². The van der Waals surface area contributed by atoms with Crippen LogP contribution in [-0.4, -0.2) is 53.2 Å². The maximum absolute atomic E-state index is 13.3. The SMILES string of the molecule is Cc1ccc(C2/C(=C(\O)c3ccc(F)cc3)C(=O)C(=O)N2CCOCCO)cc1. The Bertz CT molecular complexity index is 921. The summed E-state index contributed by atoms with van der Waals surface area (Å²) >= 11 is 0. The van der Waals surface area contributed by atoms with Gasteiger partial charge in [0.2, 0.25) is 0 Å². The molecule has 0 radical (unpaired) electrons. The largest absolute Gasteiger partial charge is 0.507 e. The Hall–Kier alpha value is -3.03. The zero-order valence-electron chi connectivity index (χ0n) is 16.0. The molecule has 2 N–H and O–H groups in total. The first kappa shape index (κ1) is 20.7. The first-order valence-electron chi connectivity index (χ1n) is 9.23. The van der Waals surface area contributed by atoms with Gasteiger partial charge in [0, 0.05) is 12.1 Å². The number of amides is 1. The Morgan fingerprint density at radius 2 is 1.72 bits per heavy atom. The molecular formula is C22H22FNO5. The number of nitrogens with zero attached hydrogens (tertiary/aromatic N) is 1. The highest BCUT2D eigenvalue weighted by atomic mass is 19.1. The van der Waals surface area contributed by atoms with Gasteiger partial charge in [0.25, 0.3) is 11.7 Å². The van der Waals surface area contributed by atoms with Gasteiger partial charge in [-0.1, -0.05) is 29.8 Å². The Balaban J connectivity index is 2.05. The lowest BCUT2D eigenvalue weighted by Gasteiger charge is -2.25. The van der Waals surface area contributed by atoms with Crippen molar-refractivity contribution < 1.29 is 28.9 Å². The molecule has 29 heavy (non-hydrogen) atoms. The molecule has 1 fully saturated rings. The maximum atomic E-state index is 13.3. The summed E-state index contributed by atoms with van der Waals surface area (Å²) in [5, 5.41) is 19.6. The molecule has 6 nitrogen and oxygen atoms in total. The summed E-state index contributed by atoms with van der Waals surface area (Å²) in [5.41, 5.74) is 1.88.